The summed E-state index contributed by atoms with van der Waals surface area (Å²) in [6, 6.07) is 8.60. The Kier molecular flexibility index (Phi) is 7.62. The Balaban J connectivity index is 2.05. The molecule has 1 aromatic carbocycles. The Morgan fingerprint density at radius 3 is 2.52 bits per heavy atom. The lowest BCUT2D eigenvalue weighted by molar-refractivity contribution is -0.142. The molecule has 11 heteroatoms. The van der Waals surface area contributed by atoms with Gasteiger partial charge in [0.05, 0.1) is 18.2 Å². The molecule has 0 spiro atoms. The van der Waals surface area contributed by atoms with Gasteiger partial charge in [-0.1, -0.05) is 42.1 Å². The van der Waals surface area contributed by atoms with Crippen molar-refractivity contribution in [3.8, 4) is 0 Å². The predicted octanol–water partition coefficient (Wildman–Crippen LogP) is 4.50. The molecule has 2 amide bonds. The Morgan fingerprint density at radius 1 is 1.21 bits per heavy atom. The van der Waals surface area contributed by atoms with Crippen LogP contribution in [0.4, 0.5) is 18.0 Å². The average Bonchev–Trinajstić information content (AvgIpc) is 2.77. The van der Waals surface area contributed by atoms with E-state index >= 15 is 0 Å². The summed E-state index contributed by atoms with van der Waals surface area (Å²) in [5.74, 6) is -0.610. The van der Waals surface area contributed by atoms with Crippen LogP contribution in [-0.2, 0) is 15.7 Å². The van der Waals surface area contributed by atoms with Crippen LogP contribution in [0, 0.1) is 6.92 Å². The number of carbonyl (C=O) groups is 2. The number of halogens is 3. The van der Waals surface area contributed by atoms with E-state index in [1.807, 2.05) is 6.07 Å². The van der Waals surface area contributed by atoms with Crippen molar-refractivity contribution >= 4 is 23.8 Å². The number of aromatic nitrogens is 2. The molecule has 0 aliphatic carbocycles. The molecular formula is C22H23F3N4O3S. The third kappa shape index (κ3) is 5.65. The number of urea groups is 1. The van der Waals surface area contributed by atoms with Crippen LogP contribution in [0.15, 0.2) is 52.8 Å². The van der Waals surface area contributed by atoms with E-state index in [2.05, 4.69) is 15.3 Å². The lowest BCUT2D eigenvalue weighted by atomic mass is 9.95. The predicted molar refractivity (Wildman–Crippen MR) is 116 cm³/mol. The summed E-state index contributed by atoms with van der Waals surface area (Å²) in [4.78, 5) is 34.9. The monoisotopic (exact) mass is 480 g/mol. The summed E-state index contributed by atoms with van der Waals surface area (Å²) in [7, 11) is 0. The number of nitrogens with one attached hydrogen (secondary N) is 1. The number of aryl methyl sites for hydroxylation is 1. The molecule has 0 radical (unpaired) electrons. The maximum absolute atomic E-state index is 13.2. The van der Waals surface area contributed by atoms with Crippen molar-refractivity contribution in [3.05, 3.63) is 64.6 Å². The molecule has 1 atom stereocenters. The number of hydrogen-bond acceptors (Lipinski definition) is 6. The third-order valence-corrected chi connectivity index (χ3v) is 5.70. The largest absolute Gasteiger partial charge is 0.463 e. The van der Waals surface area contributed by atoms with Crippen LogP contribution in [0.25, 0.3) is 0 Å². The minimum atomic E-state index is -4.61. The van der Waals surface area contributed by atoms with Gasteiger partial charge in [0.15, 0.2) is 5.16 Å². The highest BCUT2D eigenvalue weighted by Crippen LogP contribution is 2.35. The Hall–Kier alpha value is -3.08. The van der Waals surface area contributed by atoms with Crippen molar-refractivity contribution in [1.29, 1.82) is 0 Å². The van der Waals surface area contributed by atoms with Crippen molar-refractivity contribution in [2.75, 3.05) is 18.9 Å². The van der Waals surface area contributed by atoms with Gasteiger partial charge in [0.1, 0.15) is 5.69 Å². The number of esters is 1. The number of benzene rings is 1. The fraction of sp³-hybridized carbons (Fsp3) is 0.364. The molecule has 33 heavy (non-hydrogen) atoms. The molecule has 0 saturated carbocycles. The molecule has 2 heterocycles. The van der Waals surface area contributed by atoms with Crippen LogP contribution in [-0.4, -0.2) is 45.8 Å². The average molecular weight is 481 g/mol. The molecular weight excluding hydrogens is 457 g/mol. The number of rotatable bonds is 7. The first-order chi connectivity index (χ1) is 15.7. The Labute approximate surface area is 193 Å². The summed E-state index contributed by atoms with van der Waals surface area (Å²) in [5, 5.41) is 2.73. The molecule has 0 fully saturated rings. The molecule has 1 aliphatic rings. The summed E-state index contributed by atoms with van der Waals surface area (Å²) >= 11 is 0.919. The van der Waals surface area contributed by atoms with Gasteiger partial charge in [0, 0.05) is 23.7 Å². The van der Waals surface area contributed by atoms with Crippen LogP contribution in [0.2, 0.25) is 0 Å². The van der Waals surface area contributed by atoms with Gasteiger partial charge in [-0.2, -0.15) is 13.2 Å². The lowest BCUT2D eigenvalue weighted by Crippen LogP contribution is -2.49. The highest BCUT2D eigenvalue weighted by Gasteiger charge is 2.38. The van der Waals surface area contributed by atoms with E-state index in [1.165, 1.54) is 11.8 Å². The summed E-state index contributed by atoms with van der Waals surface area (Å²) < 4.78 is 44.8. The maximum Gasteiger partial charge on any atom is 0.433 e. The third-order valence-electron chi connectivity index (χ3n) is 4.84. The van der Waals surface area contributed by atoms with Gasteiger partial charge < -0.3 is 10.1 Å². The van der Waals surface area contributed by atoms with Gasteiger partial charge in [-0.05, 0) is 32.4 Å². The van der Waals surface area contributed by atoms with E-state index < -0.39 is 29.9 Å². The minimum absolute atomic E-state index is 0.000504. The van der Waals surface area contributed by atoms with Gasteiger partial charge in [-0.25, -0.2) is 19.6 Å². The number of thioether (sulfide) groups is 1. The summed E-state index contributed by atoms with van der Waals surface area (Å²) in [5.41, 5.74) is 0.361. The number of amides is 2. The molecule has 1 aliphatic heterocycles. The van der Waals surface area contributed by atoms with E-state index in [-0.39, 0.29) is 35.3 Å². The fourth-order valence-electron chi connectivity index (χ4n) is 3.42. The van der Waals surface area contributed by atoms with Gasteiger partial charge in [0.25, 0.3) is 0 Å². The van der Waals surface area contributed by atoms with Crippen LogP contribution in [0.1, 0.15) is 36.8 Å². The fourth-order valence-corrected chi connectivity index (χ4v) is 4.37. The second-order valence-electron chi connectivity index (χ2n) is 7.08. The molecule has 3 rings (SSSR count). The van der Waals surface area contributed by atoms with Crippen molar-refractivity contribution in [2.24, 2.45) is 0 Å². The van der Waals surface area contributed by atoms with Crippen molar-refractivity contribution in [1.82, 2.24) is 20.2 Å². The van der Waals surface area contributed by atoms with E-state index in [4.69, 9.17) is 4.74 Å². The first kappa shape index (κ1) is 24.6. The van der Waals surface area contributed by atoms with Gasteiger partial charge in [-0.3, -0.25) is 4.90 Å². The van der Waals surface area contributed by atoms with Gasteiger partial charge >= 0.3 is 18.2 Å². The zero-order valence-electron chi connectivity index (χ0n) is 18.3. The van der Waals surface area contributed by atoms with Crippen LogP contribution < -0.4 is 5.32 Å². The number of alkyl halides is 3. The molecule has 7 nitrogen and oxygen atoms in total. The van der Waals surface area contributed by atoms with Crippen molar-refractivity contribution in [2.45, 2.75) is 38.1 Å². The number of carbonyl (C=O) groups excluding carboxylic acids is 2. The quantitative estimate of drug-likeness (QED) is 0.357. The van der Waals surface area contributed by atoms with Crippen LogP contribution in [0.5, 0.6) is 0 Å². The van der Waals surface area contributed by atoms with Crippen molar-refractivity contribution in [3.63, 3.8) is 0 Å². The van der Waals surface area contributed by atoms with E-state index in [0.717, 1.165) is 17.8 Å². The highest BCUT2D eigenvalue weighted by molar-refractivity contribution is 7.99. The normalized spacial score (nSPS) is 16.6. The van der Waals surface area contributed by atoms with Crippen molar-refractivity contribution < 1.29 is 27.5 Å². The minimum Gasteiger partial charge on any atom is -0.463 e. The topological polar surface area (TPSA) is 84.4 Å². The van der Waals surface area contributed by atoms with E-state index in [9.17, 15) is 22.8 Å². The van der Waals surface area contributed by atoms with Crippen LogP contribution >= 0.6 is 11.8 Å². The number of ether oxygens (including phenoxy) is 1. The van der Waals surface area contributed by atoms with Gasteiger partial charge in [0.2, 0.25) is 0 Å². The lowest BCUT2D eigenvalue weighted by Gasteiger charge is -2.36. The molecule has 0 bridgehead atoms. The van der Waals surface area contributed by atoms with E-state index in [1.54, 1.807) is 38.1 Å². The molecule has 176 valence electrons. The molecule has 0 unspecified atom stereocenters. The zero-order chi connectivity index (χ0) is 24.2. The van der Waals surface area contributed by atoms with E-state index in [0.29, 0.717) is 11.3 Å². The number of nitrogens with zero attached hydrogens (tertiary/aromatic N) is 3. The standard InChI is InChI=1S/C22H23F3N4O3S/c1-4-29-15(12-33-20-26-13(3)11-16(27-20)22(23,24)25)17(19(30)32-5-2)18(28-21(29)31)14-9-7-6-8-10-14/h6-11,18H,4-5,12H2,1-3H3,(H,28,31)/t18-/m0/s1. The molecule has 0 saturated heterocycles. The Bertz CT molecular complexity index is 1060. The van der Waals surface area contributed by atoms with Gasteiger partial charge in [-0.15, -0.1) is 0 Å². The maximum atomic E-state index is 13.2. The first-order valence-corrected chi connectivity index (χ1v) is 11.2. The highest BCUT2D eigenvalue weighted by atomic mass is 32.2. The number of hydrogen-bond donors (Lipinski definition) is 1. The second-order valence-corrected chi connectivity index (χ2v) is 8.02. The SMILES string of the molecule is CCOC(=O)C1=C(CSc2nc(C)cc(C(F)(F)F)n2)N(CC)C(=O)N[C@H]1c1ccccc1. The summed E-state index contributed by atoms with van der Waals surface area (Å²) in [6.07, 6.45) is -4.61. The first-order valence-electron chi connectivity index (χ1n) is 10.2. The molecule has 1 N–H and O–H groups in total. The Morgan fingerprint density at radius 2 is 1.91 bits per heavy atom. The van der Waals surface area contributed by atoms with Crippen LogP contribution in [0.3, 0.4) is 0 Å². The molecule has 1 aromatic heterocycles. The smallest absolute Gasteiger partial charge is 0.433 e. The molecule has 2 aromatic rings. The summed E-state index contributed by atoms with van der Waals surface area (Å²) in [6.45, 7) is 5.22. The zero-order valence-corrected chi connectivity index (χ0v) is 19.1. The second kappa shape index (κ2) is 10.2.